The zero-order valence-electron chi connectivity index (χ0n) is 13.6. The fraction of sp³-hybridized carbons (Fsp3) is 0.688. The van der Waals surface area contributed by atoms with Crippen molar-refractivity contribution >= 4 is 38.9 Å². The third kappa shape index (κ3) is 2.98. The van der Waals surface area contributed by atoms with E-state index in [1.165, 1.54) is 7.11 Å². The third-order valence-corrected chi connectivity index (χ3v) is 7.37. The molecule has 3 atom stereocenters. The first-order valence-corrected chi connectivity index (χ1v) is 9.79. The number of methoxy groups -OCH3 is 1. The van der Waals surface area contributed by atoms with Crippen LogP contribution in [0.2, 0.25) is 0 Å². The number of fused-ring (bicyclic) bond motifs is 2. The number of nitrogens with zero attached hydrogens (tertiary/aromatic N) is 1. The van der Waals surface area contributed by atoms with Crippen molar-refractivity contribution in [1.82, 2.24) is 0 Å². The van der Waals surface area contributed by atoms with Gasteiger partial charge in [-0.3, -0.25) is 0 Å². The number of nitrogens with two attached hydrogens (primary N) is 1. The number of rotatable bonds is 4. The quantitative estimate of drug-likeness (QED) is 0.734. The molecule has 0 bridgehead atoms. The molecule has 1 saturated carbocycles. The van der Waals surface area contributed by atoms with Crippen LogP contribution in [0.3, 0.4) is 0 Å². The van der Waals surface area contributed by atoms with Crippen LogP contribution in [0.5, 0.6) is 0 Å². The van der Waals surface area contributed by atoms with Crippen LogP contribution in [0.15, 0.2) is 3.79 Å². The van der Waals surface area contributed by atoms with E-state index in [1.54, 1.807) is 4.90 Å². The number of alkyl halides is 2. The lowest BCUT2D eigenvalue weighted by atomic mass is 9.99. The van der Waals surface area contributed by atoms with Gasteiger partial charge in [-0.1, -0.05) is 0 Å². The molecule has 1 aromatic heterocycles. The Morgan fingerprint density at radius 3 is 2.84 bits per heavy atom. The van der Waals surface area contributed by atoms with E-state index in [4.69, 9.17) is 15.2 Å². The predicted octanol–water partition coefficient (Wildman–Crippen LogP) is 2.51. The minimum atomic E-state index is -2.85. The highest BCUT2D eigenvalue weighted by Crippen LogP contribution is 2.53. The van der Waals surface area contributed by atoms with Crippen LogP contribution in [0.4, 0.5) is 14.5 Å². The summed E-state index contributed by atoms with van der Waals surface area (Å²) < 4.78 is 39.3. The normalized spacial score (nSPS) is 30.6. The molecule has 1 aromatic rings. The molecule has 5 nitrogen and oxygen atoms in total. The number of hydrogen-bond acceptors (Lipinski definition) is 6. The van der Waals surface area contributed by atoms with Gasteiger partial charge in [-0.2, -0.15) is 0 Å². The van der Waals surface area contributed by atoms with E-state index in [0.29, 0.717) is 57.4 Å². The van der Waals surface area contributed by atoms with Crippen LogP contribution in [0.1, 0.15) is 15.2 Å². The zero-order chi connectivity index (χ0) is 17.9. The SMILES string of the molecule is COC(=O)c1sc(Br)c2c1N(CC(N)C1C3COCC31)CC(F)(F)C2. The summed E-state index contributed by atoms with van der Waals surface area (Å²) in [5.41, 5.74) is 7.36. The minimum Gasteiger partial charge on any atom is -0.465 e. The molecular weight excluding hydrogens is 418 g/mol. The van der Waals surface area contributed by atoms with E-state index >= 15 is 0 Å². The van der Waals surface area contributed by atoms with E-state index in [2.05, 4.69) is 15.9 Å². The Kier molecular flexibility index (Phi) is 4.33. The number of carbonyl (C=O) groups is 1. The van der Waals surface area contributed by atoms with Gasteiger partial charge in [0, 0.05) is 24.6 Å². The number of carbonyl (C=O) groups excluding carboxylic acids is 1. The Bertz CT molecular complexity index is 704. The minimum absolute atomic E-state index is 0.218. The Morgan fingerprint density at radius 1 is 1.52 bits per heavy atom. The Morgan fingerprint density at radius 2 is 2.20 bits per heavy atom. The standard InChI is InChI=1S/C16H19BrF2N2O3S/c1-23-15(22)13-12-7(14(17)25-13)2-16(18,19)6-21(12)3-10(20)11-8-4-24-5-9(8)11/h8-11H,2-6,20H2,1H3. The van der Waals surface area contributed by atoms with Crippen LogP contribution >= 0.6 is 27.3 Å². The van der Waals surface area contributed by atoms with Crippen molar-refractivity contribution in [3.05, 3.63) is 14.2 Å². The maximum absolute atomic E-state index is 14.3. The molecule has 0 radical (unpaired) electrons. The molecular formula is C16H19BrF2N2O3S. The first-order valence-electron chi connectivity index (χ1n) is 8.18. The van der Waals surface area contributed by atoms with Crippen LogP contribution < -0.4 is 10.6 Å². The molecule has 1 aliphatic carbocycles. The van der Waals surface area contributed by atoms with Gasteiger partial charge in [0.2, 0.25) is 0 Å². The lowest BCUT2D eigenvalue weighted by Crippen LogP contribution is -2.49. The van der Waals surface area contributed by atoms with Gasteiger partial charge in [0.05, 0.1) is 36.3 Å². The second kappa shape index (κ2) is 6.14. The van der Waals surface area contributed by atoms with E-state index in [-0.39, 0.29) is 12.5 Å². The molecule has 0 amide bonds. The van der Waals surface area contributed by atoms with Crippen LogP contribution in [0.25, 0.3) is 0 Å². The smallest absolute Gasteiger partial charge is 0.350 e. The van der Waals surface area contributed by atoms with Crippen molar-refractivity contribution in [3.63, 3.8) is 0 Å². The van der Waals surface area contributed by atoms with Crippen molar-refractivity contribution < 1.29 is 23.0 Å². The maximum Gasteiger partial charge on any atom is 0.350 e. The predicted molar refractivity (Wildman–Crippen MR) is 93.5 cm³/mol. The molecule has 3 heterocycles. The number of thiophene rings is 1. The Balaban J connectivity index is 1.62. The van der Waals surface area contributed by atoms with Gasteiger partial charge in [0.25, 0.3) is 5.92 Å². The molecule has 0 aromatic carbocycles. The molecule has 9 heteroatoms. The van der Waals surface area contributed by atoms with E-state index < -0.39 is 18.4 Å². The van der Waals surface area contributed by atoms with Gasteiger partial charge in [-0.05, 0) is 33.7 Å². The lowest BCUT2D eigenvalue weighted by Gasteiger charge is -2.36. The third-order valence-electron chi connectivity index (χ3n) is 5.42. The van der Waals surface area contributed by atoms with Crippen molar-refractivity contribution in [2.45, 2.75) is 18.4 Å². The lowest BCUT2D eigenvalue weighted by molar-refractivity contribution is 0.00475. The summed E-state index contributed by atoms with van der Waals surface area (Å²) >= 11 is 4.47. The molecule has 0 spiro atoms. The number of ether oxygens (including phenoxy) is 2. The van der Waals surface area contributed by atoms with Crippen LogP contribution in [0, 0.1) is 17.8 Å². The van der Waals surface area contributed by atoms with Gasteiger partial charge in [-0.15, -0.1) is 11.3 Å². The van der Waals surface area contributed by atoms with Crippen LogP contribution in [-0.2, 0) is 15.9 Å². The van der Waals surface area contributed by atoms with Gasteiger partial charge in [-0.25, -0.2) is 13.6 Å². The van der Waals surface area contributed by atoms with Crippen molar-refractivity contribution in [1.29, 1.82) is 0 Å². The number of halogens is 3. The second-order valence-corrected chi connectivity index (χ2v) is 9.38. The number of anilines is 1. The van der Waals surface area contributed by atoms with E-state index in [0.717, 1.165) is 11.3 Å². The maximum atomic E-state index is 14.3. The van der Waals surface area contributed by atoms with Crippen molar-refractivity contribution in [2.75, 3.05) is 38.3 Å². The van der Waals surface area contributed by atoms with E-state index in [1.807, 2.05) is 0 Å². The summed E-state index contributed by atoms with van der Waals surface area (Å²) in [7, 11) is 1.29. The topological polar surface area (TPSA) is 64.8 Å². The highest BCUT2D eigenvalue weighted by atomic mass is 79.9. The summed E-state index contributed by atoms with van der Waals surface area (Å²) in [5, 5.41) is 0. The highest BCUT2D eigenvalue weighted by Gasteiger charge is 2.57. The summed E-state index contributed by atoms with van der Waals surface area (Å²) in [6.07, 6.45) is -0.384. The zero-order valence-corrected chi connectivity index (χ0v) is 16.0. The molecule has 138 valence electrons. The number of esters is 1. The van der Waals surface area contributed by atoms with Gasteiger partial charge in [0.1, 0.15) is 4.88 Å². The molecule has 1 saturated heterocycles. The molecule has 2 N–H and O–H groups in total. The fourth-order valence-electron chi connectivity index (χ4n) is 4.27. The second-order valence-electron chi connectivity index (χ2n) is 7.04. The Labute approximate surface area is 156 Å². The molecule has 2 fully saturated rings. The average molecular weight is 437 g/mol. The summed E-state index contributed by atoms with van der Waals surface area (Å²) in [5.74, 6) is -2.14. The summed E-state index contributed by atoms with van der Waals surface area (Å²) in [6.45, 7) is 1.29. The molecule has 4 rings (SSSR count). The fourth-order valence-corrected chi connectivity index (χ4v) is 6.07. The van der Waals surface area contributed by atoms with Crippen LogP contribution in [-0.4, -0.2) is 51.3 Å². The van der Waals surface area contributed by atoms with Crippen molar-refractivity contribution in [3.8, 4) is 0 Å². The largest absolute Gasteiger partial charge is 0.465 e. The first-order chi connectivity index (χ1) is 11.8. The Hall–Kier alpha value is -0.770. The van der Waals surface area contributed by atoms with E-state index in [9.17, 15) is 13.6 Å². The van der Waals surface area contributed by atoms with Crippen molar-refractivity contribution in [2.24, 2.45) is 23.5 Å². The highest BCUT2D eigenvalue weighted by molar-refractivity contribution is 9.11. The summed E-state index contributed by atoms with van der Waals surface area (Å²) in [4.78, 5) is 14.0. The molecule has 3 unspecified atom stereocenters. The first kappa shape index (κ1) is 17.6. The molecule has 2 aliphatic heterocycles. The monoisotopic (exact) mass is 436 g/mol. The molecule has 25 heavy (non-hydrogen) atoms. The average Bonchev–Trinajstić information content (AvgIpc) is 2.87. The summed E-state index contributed by atoms with van der Waals surface area (Å²) in [6, 6.07) is -0.218. The van der Waals surface area contributed by atoms with Gasteiger partial charge >= 0.3 is 5.97 Å². The van der Waals surface area contributed by atoms with Gasteiger partial charge < -0.3 is 20.1 Å². The van der Waals surface area contributed by atoms with Gasteiger partial charge in [0.15, 0.2) is 0 Å². The number of hydrogen-bond donors (Lipinski definition) is 1. The molecule has 3 aliphatic rings.